The third-order valence-electron chi connectivity index (χ3n) is 5.24. The average molecular weight is 294 g/mol. The lowest BCUT2D eigenvalue weighted by Crippen LogP contribution is -2.52. The maximum Gasteiger partial charge on any atom is 0.225 e. The molecule has 1 unspecified atom stereocenters. The lowest BCUT2D eigenvalue weighted by Gasteiger charge is -2.36. The summed E-state index contributed by atoms with van der Waals surface area (Å²) in [4.78, 5) is 14.2. The molecule has 0 aromatic heterocycles. The van der Waals surface area contributed by atoms with Crippen LogP contribution in [0.25, 0.3) is 0 Å². The van der Waals surface area contributed by atoms with E-state index in [1.54, 1.807) is 0 Å². The van der Waals surface area contributed by atoms with Crippen LogP contribution in [-0.4, -0.2) is 47.2 Å². The molecule has 3 rings (SSSR count). The molecule has 1 saturated carbocycles. The van der Waals surface area contributed by atoms with E-state index < -0.39 is 0 Å². The van der Waals surface area contributed by atoms with Crippen molar-refractivity contribution in [1.29, 1.82) is 0 Å². The first-order valence-corrected chi connectivity index (χ1v) is 8.52. The first kappa shape index (κ1) is 15.3. The topological polar surface area (TPSA) is 41.6 Å². The fourth-order valence-corrected chi connectivity index (χ4v) is 3.96. The van der Waals surface area contributed by atoms with Gasteiger partial charge in [0.1, 0.15) is 0 Å². The van der Waals surface area contributed by atoms with E-state index in [2.05, 4.69) is 37.9 Å². The smallest absolute Gasteiger partial charge is 0.225 e. The normalized spacial score (nSPS) is 32.4. The van der Waals surface area contributed by atoms with Crippen LogP contribution in [0.2, 0.25) is 0 Å². The lowest BCUT2D eigenvalue weighted by molar-refractivity contribution is -0.133. The predicted molar refractivity (Wildman–Crippen MR) is 83.1 cm³/mol. The van der Waals surface area contributed by atoms with Gasteiger partial charge in [0.05, 0.1) is 11.2 Å². The maximum absolute atomic E-state index is 12.1. The highest BCUT2D eigenvalue weighted by Gasteiger charge is 2.46. The minimum Gasteiger partial charge on any atom is -0.368 e. The molecule has 0 aromatic carbocycles. The zero-order chi connectivity index (χ0) is 15.3. The number of nitrogens with zero attached hydrogens (tertiary/aromatic N) is 1. The molecule has 0 bridgehead atoms. The second-order valence-electron chi connectivity index (χ2n) is 8.26. The second-order valence-corrected chi connectivity index (χ2v) is 8.26. The molecule has 2 saturated heterocycles. The Bertz CT molecular complexity index is 407. The van der Waals surface area contributed by atoms with Gasteiger partial charge in [0.15, 0.2) is 0 Å². The summed E-state index contributed by atoms with van der Waals surface area (Å²) in [6.45, 7) is 10.6. The number of hydrogen-bond acceptors (Lipinski definition) is 3. The third kappa shape index (κ3) is 3.42. The van der Waals surface area contributed by atoms with Crippen LogP contribution in [0.3, 0.4) is 0 Å². The Labute approximate surface area is 128 Å². The maximum atomic E-state index is 12.1. The number of piperidine rings is 1. The molecule has 1 aliphatic carbocycles. The van der Waals surface area contributed by atoms with E-state index in [0.29, 0.717) is 23.9 Å². The molecule has 21 heavy (non-hydrogen) atoms. The summed E-state index contributed by atoms with van der Waals surface area (Å²) in [5, 5.41) is 3.81. The highest BCUT2D eigenvalue weighted by atomic mass is 16.5. The summed E-state index contributed by atoms with van der Waals surface area (Å²) in [6, 6.07) is 0.929. The van der Waals surface area contributed by atoms with Gasteiger partial charge in [-0.25, -0.2) is 0 Å². The largest absolute Gasteiger partial charge is 0.368 e. The van der Waals surface area contributed by atoms with E-state index >= 15 is 0 Å². The molecule has 0 radical (unpaired) electrons. The van der Waals surface area contributed by atoms with Gasteiger partial charge < -0.3 is 15.0 Å². The summed E-state index contributed by atoms with van der Waals surface area (Å²) in [6.07, 6.45) is 5.43. The van der Waals surface area contributed by atoms with Gasteiger partial charge in [-0.1, -0.05) is 0 Å². The Morgan fingerprint density at radius 3 is 2.19 bits per heavy atom. The van der Waals surface area contributed by atoms with Crippen LogP contribution < -0.4 is 5.32 Å². The number of rotatable bonds is 3. The number of ether oxygens (including phenoxy) is 1. The molecule has 1 N–H and O–H groups in total. The average Bonchev–Trinajstić information content (AvgIpc) is 3.17. The van der Waals surface area contributed by atoms with Crippen LogP contribution >= 0.6 is 0 Å². The molecule has 4 nitrogen and oxygen atoms in total. The summed E-state index contributed by atoms with van der Waals surface area (Å²) >= 11 is 0. The quantitative estimate of drug-likeness (QED) is 0.868. The minimum atomic E-state index is -0.107. The molecule has 3 fully saturated rings. The van der Waals surface area contributed by atoms with E-state index in [4.69, 9.17) is 4.74 Å². The molecule has 2 heterocycles. The van der Waals surface area contributed by atoms with Gasteiger partial charge in [-0.3, -0.25) is 4.79 Å². The molecule has 1 amide bonds. The van der Waals surface area contributed by atoms with Crippen LogP contribution in [0.1, 0.15) is 59.8 Å². The summed E-state index contributed by atoms with van der Waals surface area (Å²) in [5.74, 6) is 0.761. The Morgan fingerprint density at radius 1 is 1.10 bits per heavy atom. The molecular formula is C17H30N2O2. The molecule has 0 aromatic rings. The first-order chi connectivity index (χ1) is 9.77. The number of amides is 1. The summed E-state index contributed by atoms with van der Waals surface area (Å²) in [5.41, 5.74) is -0.145. The van der Waals surface area contributed by atoms with Gasteiger partial charge in [0.2, 0.25) is 5.91 Å². The monoisotopic (exact) mass is 294 g/mol. The van der Waals surface area contributed by atoms with Gasteiger partial charge in [-0.05, 0) is 59.8 Å². The summed E-state index contributed by atoms with van der Waals surface area (Å²) < 4.78 is 6.16. The molecule has 120 valence electrons. The van der Waals surface area contributed by atoms with Crippen molar-refractivity contribution in [3.8, 4) is 0 Å². The molecule has 0 spiro atoms. The van der Waals surface area contributed by atoms with Crippen LogP contribution in [0.4, 0.5) is 0 Å². The summed E-state index contributed by atoms with van der Waals surface area (Å²) in [7, 11) is 0. The Morgan fingerprint density at radius 2 is 1.71 bits per heavy atom. The van der Waals surface area contributed by atoms with Gasteiger partial charge in [0.25, 0.3) is 0 Å². The zero-order valence-corrected chi connectivity index (χ0v) is 13.9. The number of carbonyl (C=O) groups is 1. The highest BCUT2D eigenvalue weighted by molar-refractivity contribution is 5.81. The van der Waals surface area contributed by atoms with Crippen LogP contribution in [0.15, 0.2) is 0 Å². The van der Waals surface area contributed by atoms with Gasteiger partial charge >= 0.3 is 0 Å². The first-order valence-electron chi connectivity index (χ1n) is 8.52. The van der Waals surface area contributed by atoms with Crippen molar-refractivity contribution in [2.75, 3.05) is 13.1 Å². The van der Waals surface area contributed by atoms with Crippen molar-refractivity contribution >= 4 is 5.91 Å². The Balaban J connectivity index is 1.50. The Kier molecular flexibility index (Phi) is 3.81. The molecule has 1 atom stereocenters. The Hall–Kier alpha value is -0.610. The number of likely N-dealkylation sites (tertiary alicyclic amines) is 1. The molecule has 2 aliphatic heterocycles. The SMILES string of the molecule is CC1(C)CC(NC2CCN(C(=O)C3CC3)CC2)C(C)(C)O1. The van der Waals surface area contributed by atoms with E-state index in [1.165, 1.54) is 0 Å². The van der Waals surface area contributed by atoms with E-state index in [-0.39, 0.29) is 11.2 Å². The van der Waals surface area contributed by atoms with Gasteiger partial charge in [-0.15, -0.1) is 0 Å². The highest BCUT2D eigenvalue weighted by Crippen LogP contribution is 2.38. The van der Waals surface area contributed by atoms with Crippen molar-refractivity contribution in [2.24, 2.45) is 5.92 Å². The molecular weight excluding hydrogens is 264 g/mol. The van der Waals surface area contributed by atoms with Crippen LogP contribution in [0.5, 0.6) is 0 Å². The third-order valence-corrected chi connectivity index (χ3v) is 5.24. The predicted octanol–water partition coefficient (Wildman–Crippen LogP) is 2.32. The second kappa shape index (κ2) is 5.24. The number of nitrogens with one attached hydrogen (secondary N) is 1. The standard InChI is InChI=1S/C17H30N2O2/c1-16(2)11-14(17(3,4)21-16)18-13-7-9-19(10-8-13)15(20)12-5-6-12/h12-14,18H,5-11H2,1-4H3. The van der Waals surface area contributed by atoms with E-state index in [0.717, 1.165) is 45.2 Å². The lowest BCUT2D eigenvalue weighted by atomic mass is 9.92. The molecule has 4 heteroatoms. The fraction of sp³-hybridized carbons (Fsp3) is 0.941. The van der Waals surface area contributed by atoms with Crippen LogP contribution in [-0.2, 0) is 9.53 Å². The zero-order valence-electron chi connectivity index (χ0n) is 13.9. The number of carbonyl (C=O) groups excluding carboxylic acids is 1. The van der Waals surface area contributed by atoms with Crippen molar-refractivity contribution in [2.45, 2.75) is 83.1 Å². The fourth-order valence-electron chi connectivity index (χ4n) is 3.96. The van der Waals surface area contributed by atoms with Crippen molar-refractivity contribution in [1.82, 2.24) is 10.2 Å². The van der Waals surface area contributed by atoms with Crippen molar-refractivity contribution < 1.29 is 9.53 Å². The van der Waals surface area contributed by atoms with Crippen molar-refractivity contribution in [3.63, 3.8) is 0 Å². The van der Waals surface area contributed by atoms with E-state index in [1.807, 2.05) is 0 Å². The van der Waals surface area contributed by atoms with Crippen LogP contribution in [0, 0.1) is 5.92 Å². The number of hydrogen-bond donors (Lipinski definition) is 1. The molecule has 3 aliphatic rings. The van der Waals surface area contributed by atoms with E-state index in [9.17, 15) is 4.79 Å². The van der Waals surface area contributed by atoms with Crippen molar-refractivity contribution in [3.05, 3.63) is 0 Å². The minimum absolute atomic E-state index is 0.0379. The van der Waals surface area contributed by atoms with Gasteiger partial charge in [-0.2, -0.15) is 0 Å². The van der Waals surface area contributed by atoms with Gasteiger partial charge in [0, 0.05) is 31.1 Å².